The molecule has 2 aromatic rings. The minimum atomic E-state index is -4.67. The predicted octanol–water partition coefficient (Wildman–Crippen LogP) is 3.75. The van der Waals surface area contributed by atoms with E-state index in [1.807, 2.05) is 13.8 Å². The molecule has 0 saturated heterocycles. The van der Waals surface area contributed by atoms with Crippen molar-refractivity contribution >= 4 is 10.9 Å². The maximum atomic E-state index is 12.0. The third-order valence-corrected chi connectivity index (χ3v) is 2.46. The number of aryl methyl sites for hydroxylation is 2. The molecule has 0 N–H and O–H groups in total. The van der Waals surface area contributed by atoms with Gasteiger partial charge in [-0.05, 0) is 43.7 Å². The second kappa shape index (κ2) is 3.91. The zero-order valence-electron chi connectivity index (χ0n) is 9.30. The highest BCUT2D eigenvalue weighted by Crippen LogP contribution is 2.26. The van der Waals surface area contributed by atoms with E-state index in [2.05, 4.69) is 9.72 Å². The first-order valence-electron chi connectivity index (χ1n) is 4.99. The summed E-state index contributed by atoms with van der Waals surface area (Å²) in [6.45, 7) is 3.72. The van der Waals surface area contributed by atoms with Crippen LogP contribution in [0, 0.1) is 13.8 Å². The molecule has 0 aliphatic heterocycles. The second-order valence-corrected chi connectivity index (χ2v) is 3.79. The number of rotatable bonds is 1. The van der Waals surface area contributed by atoms with Gasteiger partial charge in [-0.25, -0.2) is 0 Å². The van der Waals surface area contributed by atoms with Crippen LogP contribution in [0.4, 0.5) is 13.2 Å². The summed E-state index contributed by atoms with van der Waals surface area (Å²) < 4.78 is 40.0. The summed E-state index contributed by atoms with van der Waals surface area (Å²) >= 11 is 0. The van der Waals surface area contributed by atoms with Gasteiger partial charge in [-0.15, -0.1) is 13.2 Å². The van der Waals surface area contributed by atoms with Crippen molar-refractivity contribution in [1.82, 2.24) is 4.98 Å². The fraction of sp³-hybridized carbons (Fsp3) is 0.250. The van der Waals surface area contributed by atoms with E-state index >= 15 is 0 Å². The summed E-state index contributed by atoms with van der Waals surface area (Å²) in [5.41, 5.74) is 2.45. The Balaban J connectivity index is 2.47. The summed E-state index contributed by atoms with van der Waals surface area (Å²) in [4.78, 5) is 4.28. The molecule has 0 unspecified atom stereocenters. The number of alkyl halides is 3. The lowest BCUT2D eigenvalue weighted by molar-refractivity contribution is -0.274. The number of ether oxygens (including phenoxy) is 1. The van der Waals surface area contributed by atoms with Crippen molar-refractivity contribution < 1.29 is 17.9 Å². The third kappa shape index (κ3) is 2.67. The largest absolute Gasteiger partial charge is 0.573 e. The summed E-state index contributed by atoms with van der Waals surface area (Å²) in [5, 5.41) is 0.634. The van der Waals surface area contributed by atoms with Gasteiger partial charge in [0, 0.05) is 11.1 Å². The van der Waals surface area contributed by atoms with E-state index in [-0.39, 0.29) is 5.75 Å². The molecule has 5 heteroatoms. The van der Waals surface area contributed by atoms with Crippen LogP contribution in [-0.4, -0.2) is 11.3 Å². The molecule has 0 bridgehead atoms. The molecule has 90 valence electrons. The Bertz CT molecular complexity index is 563. The van der Waals surface area contributed by atoms with Crippen molar-refractivity contribution in [3.05, 3.63) is 35.5 Å². The average Bonchev–Trinajstić information content (AvgIpc) is 2.18. The lowest BCUT2D eigenvalue weighted by Gasteiger charge is -2.10. The first-order chi connectivity index (χ1) is 7.85. The monoisotopic (exact) mass is 241 g/mol. The predicted molar refractivity (Wildman–Crippen MR) is 57.9 cm³/mol. The Morgan fingerprint density at radius 2 is 1.82 bits per heavy atom. The van der Waals surface area contributed by atoms with Crippen LogP contribution >= 0.6 is 0 Å². The number of fused-ring (bicyclic) bond motifs is 1. The number of pyridine rings is 1. The third-order valence-electron chi connectivity index (χ3n) is 2.46. The van der Waals surface area contributed by atoms with Crippen LogP contribution < -0.4 is 4.74 Å². The van der Waals surface area contributed by atoms with Crippen molar-refractivity contribution in [3.8, 4) is 5.75 Å². The molecule has 0 saturated carbocycles. The smallest absolute Gasteiger partial charge is 0.406 e. The molecule has 17 heavy (non-hydrogen) atoms. The molecular weight excluding hydrogens is 231 g/mol. The van der Waals surface area contributed by atoms with Crippen LogP contribution in [0.1, 0.15) is 11.3 Å². The highest BCUT2D eigenvalue weighted by Gasteiger charge is 2.31. The molecule has 1 aromatic carbocycles. The number of benzene rings is 1. The number of hydrogen-bond acceptors (Lipinski definition) is 2. The molecule has 0 aliphatic rings. The molecule has 1 aromatic heterocycles. The maximum absolute atomic E-state index is 12.0. The molecule has 2 nitrogen and oxygen atoms in total. The average molecular weight is 241 g/mol. The zero-order valence-corrected chi connectivity index (χ0v) is 9.30. The van der Waals surface area contributed by atoms with E-state index in [9.17, 15) is 13.2 Å². The molecule has 0 amide bonds. The maximum Gasteiger partial charge on any atom is 0.573 e. The standard InChI is InChI=1S/C12H10F3NO/c1-7-5-9-6-10(17-12(13,14)15)3-4-11(9)16-8(7)2/h3-6H,1-2H3. The van der Waals surface area contributed by atoms with Crippen molar-refractivity contribution in [1.29, 1.82) is 0 Å². The van der Waals surface area contributed by atoms with E-state index in [0.29, 0.717) is 10.9 Å². The Morgan fingerprint density at radius 1 is 1.12 bits per heavy atom. The van der Waals surface area contributed by atoms with E-state index in [4.69, 9.17) is 0 Å². The topological polar surface area (TPSA) is 22.1 Å². The number of halogens is 3. The molecule has 0 atom stereocenters. The van der Waals surface area contributed by atoms with Crippen molar-refractivity contribution in [3.63, 3.8) is 0 Å². The summed E-state index contributed by atoms with van der Waals surface area (Å²) in [7, 11) is 0. The van der Waals surface area contributed by atoms with Crippen LogP contribution in [0.25, 0.3) is 10.9 Å². The molecule has 1 heterocycles. The molecule has 0 fully saturated rings. The Kier molecular flexibility index (Phi) is 2.69. The van der Waals surface area contributed by atoms with Crippen molar-refractivity contribution in [2.24, 2.45) is 0 Å². The Labute approximate surface area is 96.0 Å². The molecular formula is C12H10F3NO. The van der Waals surface area contributed by atoms with Gasteiger partial charge >= 0.3 is 6.36 Å². The van der Waals surface area contributed by atoms with E-state index < -0.39 is 6.36 Å². The summed E-state index contributed by atoms with van der Waals surface area (Å²) in [6.07, 6.45) is -4.67. The van der Waals surface area contributed by atoms with Crippen LogP contribution in [0.15, 0.2) is 24.3 Å². The fourth-order valence-corrected chi connectivity index (χ4v) is 1.55. The zero-order chi connectivity index (χ0) is 12.6. The molecule has 0 spiro atoms. The van der Waals surface area contributed by atoms with Gasteiger partial charge in [0.05, 0.1) is 5.52 Å². The lowest BCUT2D eigenvalue weighted by atomic mass is 10.1. The first-order valence-corrected chi connectivity index (χ1v) is 4.99. The van der Waals surface area contributed by atoms with Crippen LogP contribution in [0.2, 0.25) is 0 Å². The van der Waals surface area contributed by atoms with Gasteiger partial charge in [0.25, 0.3) is 0 Å². The second-order valence-electron chi connectivity index (χ2n) is 3.79. The number of nitrogens with zero attached hydrogens (tertiary/aromatic N) is 1. The fourth-order valence-electron chi connectivity index (χ4n) is 1.55. The van der Waals surface area contributed by atoms with Gasteiger partial charge in [-0.1, -0.05) is 0 Å². The van der Waals surface area contributed by atoms with Crippen molar-refractivity contribution in [2.75, 3.05) is 0 Å². The highest BCUT2D eigenvalue weighted by molar-refractivity contribution is 5.81. The van der Waals surface area contributed by atoms with Gasteiger partial charge < -0.3 is 4.74 Å². The van der Waals surface area contributed by atoms with Crippen LogP contribution in [0.5, 0.6) is 5.75 Å². The quantitative estimate of drug-likeness (QED) is 0.758. The molecule has 0 aliphatic carbocycles. The molecule has 0 radical (unpaired) electrons. The number of hydrogen-bond donors (Lipinski definition) is 0. The van der Waals surface area contributed by atoms with E-state index in [0.717, 1.165) is 11.3 Å². The minimum absolute atomic E-state index is 0.227. The summed E-state index contributed by atoms with van der Waals surface area (Å²) in [5.74, 6) is -0.227. The molecule has 2 rings (SSSR count). The highest BCUT2D eigenvalue weighted by atomic mass is 19.4. The lowest BCUT2D eigenvalue weighted by Crippen LogP contribution is -2.17. The van der Waals surface area contributed by atoms with Crippen LogP contribution in [0.3, 0.4) is 0 Å². The van der Waals surface area contributed by atoms with Crippen LogP contribution in [-0.2, 0) is 0 Å². The van der Waals surface area contributed by atoms with Gasteiger partial charge in [-0.2, -0.15) is 0 Å². The van der Waals surface area contributed by atoms with E-state index in [1.54, 1.807) is 6.07 Å². The normalized spacial score (nSPS) is 11.8. The summed E-state index contributed by atoms with van der Waals surface area (Å²) in [6, 6.07) is 5.91. The number of aromatic nitrogens is 1. The Morgan fingerprint density at radius 3 is 2.47 bits per heavy atom. The first kappa shape index (κ1) is 11.7. The van der Waals surface area contributed by atoms with Gasteiger partial charge in [-0.3, -0.25) is 4.98 Å². The minimum Gasteiger partial charge on any atom is -0.406 e. The SMILES string of the molecule is Cc1cc2cc(OC(F)(F)F)ccc2nc1C. The van der Waals surface area contributed by atoms with Crippen molar-refractivity contribution in [2.45, 2.75) is 20.2 Å². The van der Waals surface area contributed by atoms with Gasteiger partial charge in [0.15, 0.2) is 0 Å². The van der Waals surface area contributed by atoms with E-state index in [1.165, 1.54) is 18.2 Å². The van der Waals surface area contributed by atoms with Gasteiger partial charge in [0.2, 0.25) is 0 Å². The van der Waals surface area contributed by atoms with Gasteiger partial charge in [0.1, 0.15) is 5.75 Å². The Hall–Kier alpha value is -1.78.